The van der Waals surface area contributed by atoms with E-state index in [0.29, 0.717) is 21.0 Å². The van der Waals surface area contributed by atoms with Crippen LogP contribution in [0.4, 0.5) is 0 Å². The molecular weight excluding hydrogens is 337 g/mol. The molecule has 1 N–H and O–H groups in total. The van der Waals surface area contributed by atoms with Crippen LogP contribution < -0.4 is 0 Å². The largest absolute Gasteiger partial charge is 0.258 e. The van der Waals surface area contributed by atoms with Crippen LogP contribution in [0.2, 0.25) is 10.0 Å². The van der Waals surface area contributed by atoms with Gasteiger partial charge in [-0.2, -0.15) is 0 Å². The van der Waals surface area contributed by atoms with Crippen molar-refractivity contribution in [3.05, 3.63) is 63.6 Å². The summed E-state index contributed by atoms with van der Waals surface area (Å²) >= 11 is 13.6. The van der Waals surface area contributed by atoms with E-state index in [2.05, 4.69) is 34.2 Å². The summed E-state index contributed by atoms with van der Waals surface area (Å²) in [5, 5.41) is 9.20. The van der Waals surface area contributed by atoms with Crippen molar-refractivity contribution in [1.82, 2.24) is 15.2 Å². The van der Waals surface area contributed by atoms with E-state index in [4.69, 9.17) is 23.2 Å². The highest BCUT2D eigenvalue weighted by molar-refractivity contribution is 7.98. The maximum Gasteiger partial charge on any atom is 0.209 e. The van der Waals surface area contributed by atoms with Gasteiger partial charge in [-0.15, -0.1) is 5.10 Å². The molecule has 6 heteroatoms. The van der Waals surface area contributed by atoms with Gasteiger partial charge in [-0.3, -0.25) is 5.10 Å². The van der Waals surface area contributed by atoms with Crippen LogP contribution in [0.5, 0.6) is 0 Å². The molecule has 1 aromatic heterocycles. The molecule has 0 saturated carbocycles. The fourth-order valence-corrected chi connectivity index (χ4v) is 3.29. The Labute approximate surface area is 143 Å². The van der Waals surface area contributed by atoms with Crippen LogP contribution in [0.3, 0.4) is 0 Å². The smallest absolute Gasteiger partial charge is 0.209 e. The summed E-state index contributed by atoms with van der Waals surface area (Å²) in [4.78, 5) is 4.50. The van der Waals surface area contributed by atoms with E-state index in [1.807, 2.05) is 24.3 Å². The van der Waals surface area contributed by atoms with E-state index >= 15 is 0 Å². The summed E-state index contributed by atoms with van der Waals surface area (Å²) < 4.78 is 0. The molecule has 0 fully saturated rings. The van der Waals surface area contributed by atoms with E-state index in [9.17, 15) is 0 Å². The quantitative estimate of drug-likeness (QED) is 0.643. The number of nitrogens with zero attached hydrogens (tertiary/aromatic N) is 2. The lowest BCUT2D eigenvalue weighted by Gasteiger charge is -2.02. The van der Waals surface area contributed by atoms with E-state index in [1.54, 1.807) is 6.07 Å². The Morgan fingerprint density at radius 3 is 2.59 bits per heavy atom. The number of nitrogens with one attached hydrogen (secondary N) is 1. The van der Waals surface area contributed by atoms with Crippen molar-refractivity contribution in [2.24, 2.45) is 0 Å². The van der Waals surface area contributed by atoms with Crippen molar-refractivity contribution in [3.63, 3.8) is 0 Å². The molecule has 0 aliphatic heterocycles. The van der Waals surface area contributed by atoms with Gasteiger partial charge >= 0.3 is 0 Å². The molecule has 0 saturated heterocycles. The molecule has 0 aliphatic rings. The lowest BCUT2D eigenvalue weighted by molar-refractivity contribution is 0.973. The van der Waals surface area contributed by atoms with Crippen LogP contribution in [0.15, 0.2) is 47.6 Å². The second-order valence-corrected chi connectivity index (χ2v) is 6.64. The molecule has 0 aliphatic carbocycles. The van der Waals surface area contributed by atoms with Crippen LogP contribution in [0.25, 0.3) is 11.4 Å². The molecule has 2 aromatic carbocycles. The average molecular weight is 350 g/mol. The molecule has 0 amide bonds. The van der Waals surface area contributed by atoms with Gasteiger partial charge in [0, 0.05) is 21.4 Å². The van der Waals surface area contributed by atoms with Gasteiger partial charge < -0.3 is 0 Å². The Morgan fingerprint density at radius 1 is 1.09 bits per heavy atom. The minimum atomic E-state index is 0.637. The molecule has 3 aromatic rings. The molecule has 0 atom stereocenters. The van der Waals surface area contributed by atoms with Crippen molar-refractivity contribution < 1.29 is 0 Å². The zero-order chi connectivity index (χ0) is 15.5. The van der Waals surface area contributed by atoms with Gasteiger partial charge in [0.15, 0.2) is 5.82 Å². The van der Waals surface area contributed by atoms with Crippen molar-refractivity contribution in [2.75, 3.05) is 0 Å². The maximum absolute atomic E-state index is 6.17. The second kappa shape index (κ2) is 6.73. The number of aromatic amines is 1. The topological polar surface area (TPSA) is 41.6 Å². The minimum Gasteiger partial charge on any atom is -0.258 e. The SMILES string of the molecule is Cc1ccc(-c2nc(SCc3ccc(Cl)cc3Cl)n[nH]2)cc1. The molecule has 22 heavy (non-hydrogen) atoms. The molecule has 0 unspecified atom stereocenters. The summed E-state index contributed by atoms with van der Waals surface area (Å²) in [5.41, 5.74) is 3.25. The summed E-state index contributed by atoms with van der Waals surface area (Å²) in [5.74, 6) is 1.46. The second-order valence-electron chi connectivity index (χ2n) is 4.86. The third-order valence-corrected chi connectivity index (χ3v) is 4.64. The third-order valence-electron chi connectivity index (χ3n) is 3.16. The van der Waals surface area contributed by atoms with Crippen molar-refractivity contribution in [1.29, 1.82) is 0 Å². The Balaban J connectivity index is 1.70. The fraction of sp³-hybridized carbons (Fsp3) is 0.125. The normalized spacial score (nSPS) is 10.9. The Kier molecular flexibility index (Phi) is 4.71. The first-order valence-electron chi connectivity index (χ1n) is 6.68. The number of halogens is 2. The fourth-order valence-electron chi connectivity index (χ4n) is 1.93. The van der Waals surface area contributed by atoms with Crippen molar-refractivity contribution in [2.45, 2.75) is 17.8 Å². The molecule has 3 nitrogen and oxygen atoms in total. The highest BCUT2D eigenvalue weighted by atomic mass is 35.5. The number of hydrogen-bond donors (Lipinski definition) is 1. The van der Waals surface area contributed by atoms with Gasteiger partial charge in [0.25, 0.3) is 0 Å². The van der Waals surface area contributed by atoms with Gasteiger partial charge in [-0.25, -0.2) is 4.98 Å². The maximum atomic E-state index is 6.17. The molecule has 1 heterocycles. The number of rotatable bonds is 4. The molecule has 3 rings (SSSR count). The Hall–Kier alpha value is -1.49. The van der Waals surface area contributed by atoms with E-state index in [1.165, 1.54) is 17.3 Å². The van der Waals surface area contributed by atoms with Gasteiger partial charge in [0.2, 0.25) is 5.16 Å². The van der Waals surface area contributed by atoms with E-state index in [0.717, 1.165) is 17.0 Å². The van der Waals surface area contributed by atoms with Crippen molar-refractivity contribution in [3.8, 4) is 11.4 Å². The van der Waals surface area contributed by atoms with Gasteiger partial charge in [-0.1, -0.05) is 70.9 Å². The number of thioether (sulfide) groups is 1. The standard InChI is InChI=1S/C16H13Cl2N3S/c1-10-2-4-11(5-3-10)15-19-16(21-20-15)22-9-12-6-7-13(17)8-14(12)18/h2-8H,9H2,1H3,(H,19,20,21). The number of aromatic nitrogens is 3. The zero-order valence-corrected chi connectivity index (χ0v) is 14.1. The molecule has 0 spiro atoms. The monoisotopic (exact) mass is 349 g/mol. The minimum absolute atomic E-state index is 0.637. The zero-order valence-electron chi connectivity index (χ0n) is 11.8. The van der Waals surface area contributed by atoms with Gasteiger partial charge in [0.1, 0.15) is 0 Å². The predicted molar refractivity (Wildman–Crippen MR) is 92.6 cm³/mol. The summed E-state index contributed by atoms with van der Waals surface area (Å²) in [6, 6.07) is 13.7. The Morgan fingerprint density at radius 2 is 1.86 bits per heavy atom. The van der Waals surface area contributed by atoms with Crippen LogP contribution in [0.1, 0.15) is 11.1 Å². The van der Waals surface area contributed by atoms with Gasteiger partial charge in [0.05, 0.1) is 0 Å². The van der Waals surface area contributed by atoms with E-state index < -0.39 is 0 Å². The van der Waals surface area contributed by atoms with Crippen LogP contribution in [-0.2, 0) is 5.75 Å². The number of aryl methyl sites for hydroxylation is 1. The number of benzene rings is 2. The van der Waals surface area contributed by atoms with Crippen LogP contribution in [-0.4, -0.2) is 15.2 Å². The first-order chi connectivity index (χ1) is 10.6. The lowest BCUT2D eigenvalue weighted by atomic mass is 10.1. The highest BCUT2D eigenvalue weighted by Crippen LogP contribution is 2.28. The molecule has 0 radical (unpaired) electrons. The average Bonchev–Trinajstić information content (AvgIpc) is 2.96. The van der Waals surface area contributed by atoms with Crippen molar-refractivity contribution >= 4 is 35.0 Å². The van der Waals surface area contributed by atoms with Gasteiger partial charge in [-0.05, 0) is 24.6 Å². The number of hydrogen-bond acceptors (Lipinski definition) is 3. The highest BCUT2D eigenvalue weighted by Gasteiger charge is 2.08. The summed E-state index contributed by atoms with van der Waals surface area (Å²) in [6.45, 7) is 2.06. The van der Waals surface area contributed by atoms with Crippen LogP contribution >= 0.6 is 35.0 Å². The first-order valence-corrected chi connectivity index (χ1v) is 8.42. The Bertz CT molecular complexity index is 784. The first kappa shape index (κ1) is 15.4. The summed E-state index contributed by atoms with van der Waals surface area (Å²) in [6.07, 6.45) is 0. The lowest BCUT2D eigenvalue weighted by Crippen LogP contribution is -1.84. The molecule has 0 bridgehead atoms. The molecule has 112 valence electrons. The summed E-state index contributed by atoms with van der Waals surface area (Å²) in [7, 11) is 0. The third kappa shape index (κ3) is 3.64. The van der Waals surface area contributed by atoms with E-state index in [-0.39, 0.29) is 0 Å². The number of H-pyrrole nitrogens is 1. The van der Waals surface area contributed by atoms with Crippen LogP contribution in [0, 0.1) is 6.92 Å². The molecular formula is C16H13Cl2N3S. The predicted octanol–water partition coefficient (Wildman–Crippen LogP) is 5.38.